The molecule has 0 amide bonds. The second-order valence-corrected chi connectivity index (χ2v) is 4.90. The van der Waals surface area contributed by atoms with Gasteiger partial charge in [0, 0.05) is 11.8 Å². The zero-order chi connectivity index (χ0) is 15.1. The van der Waals surface area contributed by atoms with Crippen LogP contribution in [-0.2, 0) is 0 Å². The summed E-state index contributed by atoms with van der Waals surface area (Å²) in [6.45, 7) is 7.79. The summed E-state index contributed by atoms with van der Waals surface area (Å²) in [5, 5.41) is 0. The van der Waals surface area contributed by atoms with Crippen LogP contribution in [0.2, 0.25) is 0 Å². The van der Waals surface area contributed by atoms with Crippen LogP contribution in [0.5, 0.6) is 0 Å². The number of halogens is 1. The van der Waals surface area contributed by atoms with Crippen LogP contribution in [-0.4, -0.2) is 19.4 Å². The first-order valence-corrected chi connectivity index (χ1v) is 6.40. The standard InChI is InChI=1S/C15H14FN5/c1-8(2)14-9(3)19-12-5-4-10(7-21(12)14)13-11(16)6-18-15(17)20-13/h4-7H,1H2,2-3H3,(H2,17,18,20). The molecule has 0 aromatic carbocycles. The quantitative estimate of drug-likeness (QED) is 0.785. The fourth-order valence-electron chi connectivity index (χ4n) is 2.40. The number of nitrogen functional groups attached to an aromatic ring is 1. The normalized spacial score (nSPS) is 11.0. The third-order valence-corrected chi connectivity index (χ3v) is 3.23. The van der Waals surface area contributed by atoms with Gasteiger partial charge in [0.2, 0.25) is 5.95 Å². The van der Waals surface area contributed by atoms with Gasteiger partial charge in [-0.1, -0.05) is 6.58 Å². The van der Waals surface area contributed by atoms with E-state index in [2.05, 4.69) is 21.5 Å². The van der Waals surface area contributed by atoms with Crippen LogP contribution in [0.4, 0.5) is 10.3 Å². The summed E-state index contributed by atoms with van der Waals surface area (Å²) in [4.78, 5) is 12.1. The molecule has 6 heteroatoms. The molecular formula is C15H14FN5. The summed E-state index contributed by atoms with van der Waals surface area (Å²) < 4.78 is 15.8. The minimum Gasteiger partial charge on any atom is -0.368 e. The van der Waals surface area contributed by atoms with E-state index in [4.69, 9.17) is 5.73 Å². The Labute approximate surface area is 121 Å². The number of nitrogens with two attached hydrogens (primary N) is 1. The number of aryl methyl sites for hydroxylation is 1. The van der Waals surface area contributed by atoms with Crippen LogP contribution < -0.4 is 5.73 Å². The Morgan fingerprint density at radius 2 is 2.10 bits per heavy atom. The monoisotopic (exact) mass is 283 g/mol. The van der Waals surface area contributed by atoms with Gasteiger partial charge in [-0.15, -0.1) is 0 Å². The zero-order valence-electron chi connectivity index (χ0n) is 11.8. The zero-order valence-corrected chi connectivity index (χ0v) is 11.8. The highest BCUT2D eigenvalue weighted by Crippen LogP contribution is 2.25. The van der Waals surface area contributed by atoms with Gasteiger partial charge in [0.05, 0.1) is 17.6 Å². The van der Waals surface area contributed by atoms with Crippen LogP contribution in [0.3, 0.4) is 0 Å². The Morgan fingerprint density at radius 3 is 2.81 bits per heavy atom. The number of anilines is 1. The van der Waals surface area contributed by atoms with Crippen molar-refractivity contribution in [3.05, 3.63) is 48.3 Å². The number of hydrogen-bond donors (Lipinski definition) is 1. The maximum atomic E-state index is 13.9. The van der Waals surface area contributed by atoms with Gasteiger partial charge in [-0.05, 0) is 31.6 Å². The lowest BCUT2D eigenvalue weighted by Crippen LogP contribution is -2.00. The summed E-state index contributed by atoms with van der Waals surface area (Å²) in [5.41, 5.74) is 9.76. The maximum Gasteiger partial charge on any atom is 0.220 e. The van der Waals surface area contributed by atoms with Crippen LogP contribution in [0, 0.1) is 12.7 Å². The van der Waals surface area contributed by atoms with E-state index in [0.717, 1.165) is 28.8 Å². The summed E-state index contributed by atoms with van der Waals surface area (Å²) in [6, 6.07) is 3.57. The highest BCUT2D eigenvalue weighted by atomic mass is 19.1. The topological polar surface area (TPSA) is 69.1 Å². The van der Waals surface area contributed by atoms with Gasteiger partial charge in [0.15, 0.2) is 5.82 Å². The molecule has 0 spiro atoms. The molecule has 106 valence electrons. The minimum atomic E-state index is -0.516. The molecule has 0 bridgehead atoms. The van der Waals surface area contributed by atoms with E-state index in [9.17, 15) is 4.39 Å². The number of allylic oxidation sites excluding steroid dienone is 1. The predicted molar refractivity (Wildman–Crippen MR) is 80.0 cm³/mol. The van der Waals surface area contributed by atoms with Gasteiger partial charge in [0.1, 0.15) is 11.3 Å². The Morgan fingerprint density at radius 1 is 1.33 bits per heavy atom. The van der Waals surface area contributed by atoms with Crippen molar-refractivity contribution >= 4 is 17.2 Å². The van der Waals surface area contributed by atoms with Gasteiger partial charge < -0.3 is 5.73 Å². The number of pyridine rings is 1. The fourth-order valence-corrected chi connectivity index (χ4v) is 2.40. The van der Waals surface area contributed by atoms with Crippen molar-refractivity contribution in [1.82, 2.24) is 19.4 Å². The third kappa shape index (κ3) is 2.14. The van der Waals surface area contributed by atoms with Crippen molar-refractivity contribution < 1.29 is 4.39 Å². The van der Waals surface area contributed by atoms with Crippen molar-refractivity contribution in [2.45, 2.75) is 13.8 Å². The van der Waals surface area contributed by atoms with Crippen molar-refractivity contribution in [3.63, 3.8) is 0 Å². The molecule has 5 nitrogen and oxygen atoms in total. The molecule has 0 aliphatic carbocycles. The van der Waals surface area contributed by atoms with Crippen molar-refractivity contribution in [2.75, 3.05) is 5.73 Å². The molecule has 21 heavy (non-hydrogen) atoms. The molecule has 0 aliphatic heterocycles. The second kappa shape index (κ2) is 4.66. The van der Waals surface area contributed by atoms with E-state index in [-0.39, 0.29) is 11.6 Å². The summed E-state index contributed by atoms with van der Waals surface area (Å²) >= 11 is 0. The Bertz CT molecular complexity index is 866. The van der Waals surface area contributed by atoms with Crippen LogP contribution in [0.1, 0.15) is 18.3 Å². The number of fused-ring (bicyclic) bond motifs is 1. The van der Waals surface area contributed by atoms with Gasteiger partial charge in [0.25, 0.3) is 0 Å². The fraction of sp³-hybridized carbons (Fsp3) is 0.133. The molecule has 0 saturated carbocycles. The highest BCUT2D eigenvalue weighted by Gasteiger charge is 2.13. The molecule has 0 aliphatic rings. The molecule has 2 N–H and O–H groups in total. The summed E-state index contributed by atoms with van der Waals surface area (Å²) in [5.74, 6) is -0.481. The average Bonchev–Trinajstić information content (AvgIpc) is 2.76. The second-order valence-electron chi connectivity index (χ2n) is 4.90. The maximum absolute atomic E-state index is 13.9. The Hall–Kier alpha value is -2.76. The van der Waals surface area contributed by atoms with Crippen LogP contribution in [0.15, 0.2) is 31.1 Å². The molecule has 3 rings (SSSR count). The lowest BCUT2D eigenvalue weighted by molar-refractivity contribution is 0.619. The van der Waals surface area contributed by atoms with Gasteiger partial charge in [-0.3, -0.25) is 4.40 Å². The van der Waals surface area contributed by atoms with E-state index in [1.807, 2.05) is 24.3 Å². The smallest absolute Gasteiger partial charge is 0.220 e. The third-order valence-electron chi connectivity index (χ3n) is 3.23. The van der Waals surface area contributed by atoms with E-state index in [1.165, 1.54) is 0 Å². The van der Waals surface area contributed by atoms with Crippen LogP contribution >= 0.6 is 0 Å². The SMILES string of the molecule is C=C(C)c1c(C)nc2ccc(-c3nc(N)ncc3F)cn12. The van der Waals surface area contributed by atoms with Crippen LogP contribution in [0.25, 0.3) is 22.5 Å². The molecule has 0 saturated heterocycles. The number of aromatic nitrogens is 4. The number of hydrogen-bond acceptors (Lipinski definition) is 4. The predicted octanol–water partition coefficient (Wildman–Crippen LogP) is 2.85. The molecule has 0 unspecified atom stereocenters. The van der Waals surface area contributed by atoms with Gasteiger partial charge in [-0.2, -0.15) is 0 Å². The molecule has 3 aromatic rings. The first kappa shape index (κ1) is 13.2. The van der Waals surface area contributed by atoms with Crippen molar-refractivity contribution in [3.8, 4) is 11.3 Å². The molecule has 3 heterocycles. The minimum absolute atomic E-state index is 0.0356. The Balaban J connectivity index is 2.28. The van der Waals surface area contributed by atoms with E-state index in [1.54, 1.807) is 12.3 Å². The summed E-state index contributed by atoms with van der Waals surface area (Å²) in [7, 11) is 0. The average molecular weight is 283 g/mol. The first-order chi connectivity index (χ1) is 9.97. The molecule has 0 radical (unpaired) electrons. The van der Waals surface area contributed by atoms with Crippen molar-refractivity contribution in [2.24, 2.45) is 0 Å². The lowest BCUT2D eigenvalue weighted by Gasteiger charge is -2.06. The molecule has 0 atom stereocenters. The number of rotatable bonds is 2. The summed E-state index contributed by atoms with van der Waals surface area (Å²) in [6.07, 6.45) is 2.85. The Kier molecular flexibility index (Phi) is 2.94. The van der Waals surface area contributed by atoms with Gasteiger partial charge in [-0.25, -0.2) is 19.3 Å². The largest absolute Gasteiger partial charge is 0.368 e. The van der Waals surface area contributed by atoms with Gasteiger partial charge >= 0.3 is 0 Å². The highest BCUT2D eigenvalue weighted by molar-refractivity contribution is 5.68. The lowest BCUT2D eigenvalue weighted by atomic mass is 10.2. The number of imidazole rings is 1. The number of nitrogens with zero attached hydrogens (tertiary/aromatic N) is 4. The first-order valence-electron chi connectivity index (χ1n) is 6.40. The molecular weight excluding hydrogens is 269 g/mol. The van der Waals surface area contributed by atoms with Crippen molar-refractivity contribution in [1.29, 1.82) is 0 Å². The molecule has 0 fully saturated rings. The molecule has 3 aromatic heterocycles. The van der Waals surface area contributed by atoms with E-state index >= 15 is 0 Å². The van der Waals surface area contributed by atoms with E-state index < -0.39 is 5.82 Å². The van der Waals surface area contributed by atoms with E-state index in [0.29, 0.717) is 5.56 Å².